The Balaban J connectivity index is 2.00. The summed E-state index contributed by atoms with van der Waals surface area (Å²) in [6, 6.07) is 9.23. The highest BCUT2D eigenvalue weighted by Gasteiger charge is 2.07. The summed E-state index contributed by atoms with van der Waals surface area (Å²) >= 11 is 3.35. The summed E-state index contributed by atoms with van der Waals surface area (Å²) in [4.78, 5) is 11.9. The number of aromatic nitrogens is 2. The van der Waals surface area contributed by atoms with Gasteiger partial charge in [0.25, 0.3) is 5.91 Å². The van der Waals surface area contributed by atoms with Crippen LogP contribution in [0.25, 0.3) is 0 Å². The molecule has 94 valence electrons. The third-order valence-corrected chi connectivity index (χ3v) is 3.11. The number of rotatable bonds is 4. The second kappa shape index (κ2) is 5.82. The van der Waals surface area contributed by atoms with E-state index in [9.17, 15) is 4.79 Å². The number of hydrogen-bond acceptors (Lipinski definition) is 2. The van der Waals surface area contributed by atoms with Crippen molar-refractivity contribution >= 4 is 21.8 Å². The molecule has 0 aliphatic carbocycles. The standard InChI is InChI=1S/C13H14BrN3O/c1-2-17-12(6-7-16-17)9-15-13(18)10-4-3-5-11(14)8-10/h3-8H,2,9H2,1H3,(H,15,18). The largest absolute Gasteiger partial charge is 0.346 e. The van der Waals surface area contributed by atoms with Crippen molar-refractivity contribution < 1.29 is 4.79 Å². The maximum atomic E-state index is 11.9. The van der Waals surface area contributed by atoms with Gasteiger partial charge in [-0.15, -0.1) is 0 Å². The number of amides is 1. The highest BCUT2D eigenvalue weighted by molar-refractivity contribution is 9.10. The van der Waals surface area contributed by atoms with Crippen molar-refractivity contribution in [3.8, 4) is 0 Å². The Hall–Kier alpha value is -1.62. The fourth-order valence-corrected chi connectivity index (χ4v) is 2.10. The molecule has 2 aromatic rings. The molecule has 0 aliphatic rings. The lowest BCUT2D eigenvalue weighted by atomic mass is 10.2. The lowest BCUT2D eigenvalue weighted by Crippen LogP contribution is -2.24. The molecule has 1 N–H and O–H groups in total. The molecule has 0 fully saturated rings. The molecule has 1 aromatic carbocycles. The van der Waals surface area contributed by atoms with Gasteiger partial charge in [-0.3, -0.25) is 9.48 Å². The molecular weight excluding hydrogens is 294 g/mol. The average molecular weight is 308 g/mol. The van der Waals surface area contributed by atoms with E-state index < -0.39 is 0 Å². The van der Waals surface area contributed by atoms with Crippen LogP contribution < -0.4 is 5.32 Å². The lowest BCUT2D eigenvalue weighted by Gasteiger charge is -2.07. The zero-order chi connectivity index (χ0) is 13.0. The minimum absolute atomic E-state index is 0.0832. The zero-order valence-electron chi connectivity index (χ0n) is 10.1. The molecule has 0 aliphatic heterocycles. The van der Waals surface area contributed by atoms with Crippen LogP contribution in [0.1, 0.15) is 23.0 Å². The van der Waals surface area contributed by atoms with Gasteiger partial charge >= 0.3 is 0 Å². The van der Waals surface area contributed by atoms with Crippen molar-refractivity contribution in [1.29, 1.82) is 0 Å². The summed E-state index contributed by atoms with van der Waals surface area (Å²) < 4.78 is 2.76. The summed E-state index contributed by atoms with van der Waals surface area (Å²) in [6.07, 6.45) is 1.74. The highest BCUT2D eigenvalue weighted by Crippen LogP contribution is 2.11. The summed E-state index contributed by atoms with van der Waals surface area (Å²) in [6.45, 7) is 3.31. The third kappa shape index (κ3) is 2.98. The molecular formula is C13H14BrN3O. The molecule has 0 atom stereocenters. The monoisotopic (exact) mass is 307 g/mol. The summed E-state index contributed by atoms with van der Waals surface area (Å²) in [7, 11) is 0. The van der Waals surface area contributed by atoms with E-state index in [1.54, 1.807) is 18.3 Å². The summed E-state index contributed by atoms with van der Waals surface area (Å²) in [5.41, 5.74) is 1.65. The van der Waals surface area contributed by atoms with Gasteiger partial charge in [0, 0.05) is 22.8 Å². The van der Waals surface area contributed by atoms with Crippen LogP contribution in [0.15, 0.2) is 41.0 Å². The second-order valence-electron chi connectivity index (χ2n) is 3.83. The molecule has 18 heavy (non-hydrogen) atoms. The van der Waals surface area contributed by atoms with Crippen LogP contribution >= 0.6 is 15.9 Å². The van der Waals surface area contributed by atoms with Crippen molar-refractivity contribution in [3.63, 3.8) is 0 Å². The molecule has 4 nitrogen and oxygen atoms in total. The van der Waals surface area contributed by atoms with Crippen LogP contribution in [-0.4, -0.2) is 15.7 Å². The number of benzene rings is 1. The number of aryl methyl sites for hydroxylation is 1. The molecule has 5 heteroatoms. The fourth-order valence-electron chi connectivity index (χ4n) is 1.70. The molecule has 0 spiro atoms. The summed E-state index contributed by atoms with van der Waals surface area (Å²) in [5, 5.41) is 7.04. The van der Waals surface area contributed by atoms with Crippen molar-refractivity contribution in [1.82, 2.24) is 15.1 Å². The van der Waals surface area contributed by atoms with Crippen molar-refractivity contribution in [3.05, 3.63) is 52.3 Å². The van der Waals surface area contributed by atoms with E-state index in [-0.39, 0.29) is 5.91 Å². The molecule has 0 saturated heterocycles. The molecule has 1 amide bonds. The predicted octanol–water partition coefficient (Wildman–Crippen LogP) is 2.60. The maximum Gasteiger partial charge on any atom is 0.251 e. The maximum absolute atomic E-state index is 11.9. The molecule has 0 unspecified atom stereocenters. The molecule has 1 aromatic heterocycles. The molecule has 2 rings (SSSR count). The van der Waals surface area contributed by atoms with E-state index in [0.717, 1.165) is 16.7 Å². The van der Waals surface area contributed by atoms with Gasteiger partial charge in [0.15, 0.2) is 0 Å². The lowest BCUT2D eigenvalue weighted by molar-refractivity contribution is 0.0950. The van der Waals surface area contributed by atoms with Gasteiger partial charge < -0.3 is 5.32 Å². The van der Waals surface area contributed by atoms with Gasteiger partial charge in [-0.1, -0.05) is 22.0 Å². The molecule has 0 radical (unpaired) electrons. The first-order valence-corrected chi connectivity index (χ1v) is 6.54. The SMILES string of the molecule is CCn1nccc1CNC(=O)c1cccc(Br)c1. The van der Waals surface area contributed by atoms with Crippen LogP contribution in [0.5, 0.6) is 0 Å². The topological polar surface area (TPSA) is 46.9 Å². The molecule has 1 heterocycles. The number of nitrogens with one attached hydrogen (secondary N) is 1. The third-order valence-electron chi connectivity index (χ3n) is 2.62. The molecule has 0 bridgehead atoms. The Morgan fingerprint density at radius 3 is 3.00 bits per heavy atom. The van der Waals surface area contributed by atoms with E-state index >= 15 is 0 Å². The normalized spacial score (nSPS) is 10.3. The van der Waals surface area contributed by atoms with Gasteiger partial charge in [-0.05, 0) is 31.2 Å². The average Bonchev–Trinajstić information content (AvgIpc) is 2.83. The highest BCUT2D eigenvalue weighted by atomic mass is 79.9. The van der Waals surface area contributed by atoms with E-state index in [2.05, 4.69) is 26.3 Å². The van der Waals surface area contributed by atoms with Gasteiger partial charge in [-0.25, -0.2) is 0 Å². The van der Waals surface area contributed by atoms with Crippen molar-refractivity contribution in [2.45, 2.75) is 20.0 Å². The van der Waals surface area contributed by atoms with E-state index in [1.807, 2.05) is 29.8 Å². The van der Waals surface area contributed by atoms with Gasteiger partial charge in [0.1, 0.15) is 0 Å². The predicted molar refractivity (Wildman–Crippen MR) is 73.2 cm³/mol. The van der Waals surface area contributed by atoms with Crippen molar-refractivity contribution in [2.75, 3.05) is 0 Å². The minimum Gasteiger partial charge on any atom is -0.346 e. The fraction of sp³-hybridized carbons (Fsp3) is 0.231. The minimum atomic E-state index is -0.0832. The van der Waals surface area contributed by atoms with Gasteiger partial charge in [0.05, 0.1) is 12.2 Å². The van der Waals surface area contributed by atoms with Crippen LogP contribution in [-0.2, 0) is 13.1 Å². The van der Waals surface area contributed by atoms with Crippen LogP contribution in [0.4, 0.5) is 0 Å². The summed E-state index contributed by atoms with van der Waals surface area (Å²) in [5.74, 6) is -0.0832. The Morgan fingerprint density at radius 2 is 2.28 bits per heavy atom. The first-order valence-electron chi connectivity index (χ1n) is 5.75. The van der Waals surface area contributed by atoms with Gasteiger partial charge in [0.2, 0.25) is 0 Å². The number of carbonyl (C=O) groups is 1. The Labute approximate surface area is 114 Å². The zero-order valence-corrected chi connectivity index (χ0v) is 11.6. The van der Waals surface area contributed by atoms with E-state index in [1.165, 1.54) is 0 Å². The Kier molecular flexibility index (Phi) is 4.15. The number of hydrogen-bond donors (Lipinski definition) is 1. The number of halogens is 1. The van der Waals surface area contributed by atoms with Crippen molar-refractivity contribution in [2.24, 2.45) is 0 Å². The van der Waals surface area contributed by atoms with Gasteiger partial charge in [-0.2, -0.15) is 5.10 Å². The van der Waals surface area contributed by atoms with E-state index in [4.69, 9.17) is 0 Å². The van der Waals surface area contributed by atoms with Crippen LogP contribution in [0.2, 0.25) is 0 Å². The number of nitrogens with zero attached hydrogens (tertiary/aromatic N) is 2. The Morgan fingerprint density at radius 1 is 1.44 bits per heavy atom. The second-order valence-corrected chi connectivity index (χ2v) is 4.75. The molecule has 0 saturated carbocycles. The van der Waals surface area contributed by atoms with Crippen LogP contribution in [0.3, 0.4) is 0 Å². The Bertz CT molecular complexity index is 551. The number of carbonyl (C=O) groups excluding carboxylic acids is 1. The first kappa shape index (κ1) is 12.8. The van der Waals surface area contributed by atoms with E-state index in [0.29, 0.717) is 12.1 Å². The quantitative estimate of drug-likeness (QED) is 0.944. The first-order chi connectivity index (χ1) is 8.70. The van der Waals surface area contributed by atoms with Crippen LogP contribution in [0, 0.1) is 0 Å². The smallest absolute Gasteiger partial charge is 0.251 e.